The molecule has 3 N–H and O–H groups in total. The number of likely N-dealkylation sites (N-methyl/N-ethyl adjacent to an activating group) is 1. The molecule has 0 saturated carbocycles. The molecule has 1 aromatic rings. The number of rotatable bonds is 7. The van der Waals surface area contributed by atoms with Crippen LogP contribution < -0.4 is 20.4 Å². The molecule has 1 aliphatic rings. The van der Waals surface area contributed by atoms with Gasteiger partial charge < -0.3 is 24.6 Å². The standard InChI is InChI=1S/C18H26N4O5/c1-3-27-18(25)20-17(24)13-21(2)12-16(23)19-14-4-6-15(7-5-14)22-8-10-26-11-9-22/h4-7H,3,8-13H2,1-2H3,(H,19,23)(H,20,24,25)/p+1. The van der Waals surface area contributed by atoms with Crippen LogP contribution in [0.15, 0.2) is 24.3 Å². The third kappa shape index (κ3) is 7.24. The summed E-state index contributed by atoms with van der Waals surface area (Å²) in [5, 5.41) is 4.92. The fourth-order valence-corrected chi connectivity index (χ4v) is 2.72. The largest absolute Gasteiger partial charge is 0.450 e. The Kier molecular flexibility index (Phi) is 8.02. The van der Waals surface area contributed by atoms with Gasteiger partial charge in [0.2, 0.25) is 0 Å². The number of morpholine rings is 1. The number of carbonyl (C=O) groups is 3. The van der Waals surface area contributed by atoms with Gasteiger partial charge in [0.25, 0.3) is 11.8 Å². The Balaban J connectivity index is 1.75. The van der Waals surface area contributed by atoms with Crippen LogP contribution in [0.3, 0.4) is 0 Å². The second-order valence-corrected chi connectivity index (χ2v) is 6.27. The molecule has 0 bridgehead atoms. The van der Waals surface area contributed by atoms with Crippen molar-refractivity contribution in [3.8, 4) is 0 Å². The van der Waals surface area contributed by atoms with Crippen molar-refractivity contribution >= 4 is 29.3 Å². The molecule has 1 aromatic carbocycles. The minimum Gasteiger partial charge on any atom is -0.450 e. The summed E-state index contributed by atoms with van der Waals surface area (Å²) in [4.78, 5) is 37.9. The number of nitrogens with one attached hydrogen (secondary N) is 3. The summed E-state index contributed by atoms with van der Waals surface area (Å²) in [5.74, 6) is -0.704. The van der Waals surface area contributed by atoms with Crippen LogP contribution >= 0.6 is 0 Å². The van der Waals surface area contributed by atoms with Crippen LogP contribution in [0.25, 0.3) is 0 Å². The summed E-state index contributed by atoms with van der Waals surface area (Å²) in [5.41, 5.74) is 1.79. The van der Waals surface area contributed by atoms with Crippen LogP contribution in [0.4, 0.5) is 16.2 Å². The van der Waals surface area contributed by atoms with Gasteiger partial charge in [-0.25, -0.2) is 4.79 Å². The first-order valence-electron chi connectivity index (χ1n) is 8.98. The van der Waals surface area contributed by atoms with Crippen LogP contribution in [-0.2, 0) is 19.1 Å². The van der Waals surface area contributed by atoms with E-state index in [1.54, 1.807) is 14.0 Å². The highest BCUT2D eigenvalue weighted by molar-refractivity contribution is 5.93. The lowest BCUT2D eigenvalue weighted by atomic mass is 10.2. The van der Waals surface area contributed by atoms with E-state index in [9.17, 15) is 14.4 Å². The van der Waals surface area contributed by atoms with Crippen molar-refractivity contribution in [2.75, 3.05) is 63.3 Å². The Morgan fingerprint density at radius 3 is 2.37 bits per heavy atom. The number of anilines is 2. The third-order valence-electron chi connectivity index (χ3n) is 3.97. The Bertz CT molecular complexity index is 644. The van der Waals surface area contributed by atoms with Crippen molar-refractivity contribution in [1.82, 2.24) is 5.32 Å². The molecular weight excluding hydrogens is 352 g/mol. The van der Waals surface area contributed by atoms with Crippen LogP contribution in [0.5, 0.6) is 0 Å². The van der Waals surface area contributed by atoms with Gasteiger partial charge in [-0.05, 0) is 31.2 Å². The molecule has 1 fully saturated rings. The highest BCUT2D eigenvalue weighted by Gasteiger charge is 2.17. The van der Waals surface area contributed by atoms with Gasteiger partial charge in [-0.2, -0.15) is 0 Å². The van der Waals surface area contributed by atoms with E-state index in [1.165, 1.54) is 0 Å². The zero-order valence-corrected chi connectivity index (χ0v) is 15.7. The van der Waals surface area contributed by atoms with Gasteiger partial charge in [0.1, 0.15) is 0 Å². The second kappa shape index (κ2) is 10.5. The Hall–Kier alpha value is -2.65. The molecule has 1 saturated heterocycles. The van der Waals surface area contributed by atoms with E-state index in [2.05, 4.69) is 20.3 Å². The van der Waals surface area contributed by atoms with Crippen LogP contribution in [0.1, 0.15) is 6.92 Å². The second-order valence-electron chi connectivity index (χ2n) is 6.27. The summed E-state index contributed by atoms with van der Waals surface area (Å²) in [6.45, 7) is 5.08. The molecular formula is C18H27N4O5+. The van der Waals surface area contributed by atoms with E-state index < -0.39 is 12.0 Å². The maximum atomic E-state index is 12.1. The molecule has 0 spiro atoms. The number of quaternary nitrogens is 1. The first kappa shape index (κ1) is 20.7. The molecule has 0 aromatic heterocycles. The summed E-state index contributed by atoms with van der Waals surface area (Å²) in [6, 6.07) is 7.63. The van der Waals surface area contributed by atoms with Gasteiger partial charge in [0, 0.05) is 24.5 Å². The first-order chi connectivity index (χ1) is 13.0. The minimum absolute atomic E-state index is 0.0117. The highest BCUT2D eigenvalue weighted by Crippen LogP contribution is 2.18. The molecule has 9 heteroatoms. The normalized spacial score (nSPS) is 15.0. The monoisotopic (exact) mass is 379 g/mol. The maximum absolute atomic E-state index is 12.1. The molecule has 9 nitrogen and oxygen atoms in total. The van der Waals surface area contributed by atoms with Crippen LogP contribution in [-0.4, -0.2) is 71.0 Å². The smallest absolute Gasteiger partial charge is 0.414 e. The van der Waals surface area contributed by atoms with Gasteiger partial charge in [-0.15, -0.1) is 0 Å². The first-order valence-corrected chi connectivity index (χ1v) is 8.98. The average Bonchev–Trinajstić information content (AvgIpc) is 2.62. The SMILES string of the molecule is CCOC(=O)NC(=O)C[NH+](C)CC(=O)Nc1ccc(N2CCOCC2)cc1. The van der Waals surface area contributed by atoms with E-state index >= 15 is 0 Å². The van der Waals surface area contributed by atoms with Gasteiger partial charge in [0.15, 0.2) is 13.1 Å². The number of benzene rings is 1. The average molecular weight is 379 g/mol. The number of carbonyl (C=O) groups excluding carboxylic acids is 3. The van der Waals surface area contributed by atoms with Crippen molar-refractivity contribution in [2.24, 2.45) is 0 Å². The predicted molar refractivity (Wildman–Crippen MR) is 99.9 cm³/mol. The van der Waals surface area contributed by atoms with E-state index in [-0.39, 0.29) is 25.6 Å². The van der Waals surface area contributed by atoms with E-state index in [0.717, 1.165) is 32.0 Å². The van der Waals surface area contributed by atoms with E-state index in [4.69, 9.17) is 4.74 Å². The fourth-order valence-electron chi connectivity index (χ4n) is 2.72. The molecule has 1 heterocycles. The summed E-state index contributed by atoms with van der Waals surface area (Å²) in [6.07, 6.45) is -0.778. The van der Waals surface area contributed by atoms with Crippen molar-refractivity contribution in [3.05, 3.63) is 24.3 Å². The van der Waals surface area contributed by atoms with Crippen molar-refractivity contribution in [2.45, 2.75) is 6.92 Å². The molecule has 0 aliphatic carbocycles. The third-order valence-corrected chi connectivity index (χ3v) is 3.97. The Morgan fingerprint density at radius 1 is 1.11 bits per heavy atom. The lowest BCUT2D eigenvalue weighted by Gasteiger charge is -2.28. The summed E-state index contributed by atoms with van der Waals surface area (Å²) < 4.78 is 9.98. The van der Waals surface area contributed by atoms with Crippen molar-refractivity contribution < 1.29 is 28.8 Å². The molecule has 1 atom stereocenters. The van der Waals surface area contributed by atoms with Crippen LogP contribution in [0.2, 0.25) is 0 Å². The lowest BCUT2D eigenvalue weighted by Crippen LogP contribution is -3.11. The number of hydrogen-bond acceptors (Lipinski definition) is 6. The quantitative estimate of drug-likeness (QED) is 0.576. The molecule has 27 heavy (non-hydrogen) atoms. The fraction of sp³-hybridized carbons (Fsp3) is 0.500. The topological polar surface area (TPSA) is 101 Å². The van der Waals surface area contributed by atoms with Gasteiger partial charge in [-0.1, -0.05) is 0 Å². The van der Waals surface area contributed by atoms with E-state index in [1.807, 2.05) is 24.3 Å². The van der Waals surface area contributed by atoms with Gasteiger partial charge >= 0.3 is 6.09 Å². The predicted octanol–water partition coefficient (Wildman–Crippen LogP) is -0.751. The number of nitrogens with zero attached hydrogens (tertiary/aromatic N) is 1. The zero-order valence-electron chi connectivity index (χ0n) is 15.7. The molecule has 3 amide bonds. The van der Waals surface area contributed by atoms with E-state index in [0.29, 0.717) is 10.6 Å². The Morgan fingerprint density at radius 2 is 1.74 bits per heavy atom. The molecule has 0 radical (unpaired) electrons. The molecule has 1 aliphatic heterocycles. The summed E-state index contributed by atoms with van der Waals surface area (Å²) in [7, 11) is 1.70. The maximum Gasteiger partial charge on any atom is 0.414 e. The number of hydrogen-bond donors (Lipinski definition) is 3. The lowest BCUT2D eigenvalue weighted by molar-refractivity contribution is -0.862. The highest BCUT2D eigenvalue weighted by atomic mass is 16.5. The van der Waals surface area contributed by atoms with Gasteiger partial charge in [-0.3, -0.25) is 14.9 Å². The molecule has 148 valence electrons. The molecule has 1 unspecified atom stereocenters. The minimum atomic E-state index is -0.778. The van der Waals surface area contributed by atoms with Crippen molar-refractivity contribution in [1.29, 1.82) is 0 Å². The van der Waals surface area contributed by atoms with Crippen molar-refractivity contribution in [3.63, 3.8) is 0 Å². The summed E-state index contributed by atoms with van der Waals surface area (Å²) >= 11 is 0. The number of ether oxygens (including phenoxy) is 2. The molecule has 2 rings (SSSR count). The zero-order chi connectivity index (χ0) is 19.6. The number of imide groups is 1. The number of amides is 3. The van der Waals surface area contributed by atoms with Gasteiger partial charge in [0.05, 0.1) is 26.9 Å². The van der Waals surface area contributed by atoms with Crippen LogP contribution in [0, 0.1) is 0 Å². The number of alkyl carbamates (subject to hydrolysis) is 1. The Labute approximate surface area is 158 Å².